The first-order valence-corrected chi connectivity index (χ1v) is 5.57. The largest absolute Gasteiger partial charge is 0.573 e. The molecule has 0 saturated carbocycles. The molecule has 0 aromatic heterocycles. The number of ether oxygens (including phenoxy) is 2. The van der Waals surface area contributed by atoms with Gasteiger partial charge in [0.25, 0.3) is 0 Å². The topological polar surface area (TPSA) is 30.5 Å². The predicted molar refractivity (Wildman–Crippen MR) is 61.4 cm³/mol. The zero-order valence-corrected chi connectivity index (χ0v) is 10.3. The van der Waals surface area contributed by atoms with Gasteiger partial charge in [0.05, 0.1) is 12.6 Å². The summed E-state index contributed by atoms with van der Waals surface area (Å²) in [7, 11) is 1.72. The molecule has 102 valence electrons. The second-order valence-electron chi connectivity index (χ2n) is 3.62. The third kappa shape index (κ3) is 4.93. The van der Waals surface area contributed by atoms with Crippen molar-refractivity contribution in [1.82, 2.24) is 5.32 Å². The Kier molecular flexibility index (Phi) is 5.43. The molecule has 0 aliphatic heterocycles. The summed E-state index contributed by atoms with van der Waals surface area (Å²) in [5, 5.41) is 2.98. The number of likely N-dealkylation sites (N-methyl/N-ethyl adjacent to an activating group) is 1. The molecule has 1 atom stereocenters. The molecule has 0 heterocycles. The molecular formula is C12H16F3NO2. The van der Waals surface area contributed by atoms with E-state index in [0.29, 0.717) is 18.8 Å². The van der Waals surface area contributed by atoms with Gasteiger partial charge in [0.1, 0.15) is 5.75 Å². The monoisotopic (exact) mass is 263 g/mol. The Morgan fingerprint density at radius 2 is 2.06 bits per heavy atom. The zero-order chi connectivity index (χ0) is 13.6. The lowest BCUT2D eigenvalue weighted by Gasteiger charge is -2.17. The Hall–Kier alpha value is -1.27. The van der Waals surface area contributed by atoms with E-state index in [-0.39, 0.29) is 11.8 Å². The van der Waals surface area contributed by atoms with Crippen LogP contribution in [0.3, 0.4) is 0 Å². The Labute approximate surface area is 104 Å². The highest BCUT2D eigenvalue weighted by molar-refractivity contribution is 5.30. The van der Waals surface area contributed by atoms with E-state index in [1.54, 1.807) is 13.1 Å². The molecule has 0 aliphatic rings. The van der Waals surface area contributed by atoms with Gasteiger partial charge in [-0.1, -0.05) is 12.1 Å². The maximum Gasteiger partial charge on any atom is 0.573 e. The van der Waals surface area contributed by atoms with Crippen molar-refractivity contribution in [2.24, 2.45) is 0 Å². The van der Waals surface area contributed by atoms with Crippen molar-refractivity contribution in [3.8, 4) is 5.75 Å². The quantitative estimate of drug-likeness (QED) is 0.856. The summed E-state index contributed by atoms with van der Waals surface area (Å²) in [6, 6.07) is 5.70. The standard InChI is InChI=1S/C12H16F3NO2/c1-3-17-8-11(16-2)9-5-4-6-10(7-9)18-12(13,14)15/h4-7,11,16H,3,8H2,1-2H3. The van der Waals surface area contributed by atoms with Gasteiger partial charge in [-0.25, -0.2) is 0 Å². The number of hydrogen-bond acceptors (Lipinski definition) is 3. The first-order chi connectivity index (χ1) is 8.46. The van der Waals surface area contributed by atoms with Gasteiger partial charge in [-0.2, -0.15) is 0 Å². The van der Waals surface area contributed by atoms with Crippen molar-refractivity contribution in [1.29, 1.82) is 0 Å². The first kappa shape index (κ1) is 14.8. The zero-order valence-electron chi connectivity index (χ0n) is 10.3. The minimum absolute atomic E-state index is 0.165. The molecule has 0 amide bonds. The lowest BCUT2D eigenvalue weighted by atomic mass is 10.1. The molecule has 0 fully saturated rings. The molecule has 1 aromatic rings. The highest BCUT2D eigenvalue weighted by atomic mass is 19.4. The van der Waals surface area contributed by atoms with E-state index >= 15 is 0 Å². The van der Waals surface area contributed by atoms with E-state index in [2.05, 4.69) is 10.1 Å². The van der Waals surface area contributed by atoms with Gasteiger partial charge in [-0.15, -0.1) is 13.2 Å². The molecule has 6 heteroatoms. The molecule has 0 saturated heterocycles. The van der Waals surface area contributed by atoms with E-state index in [1.165, 1.54) is 18.2 Å². The lowest BCUT2D eigenvalue weighted by Crippen LogP contribution is -2.22. The predicted octanol–water partition coefficient (Wildman–Crippen LogP) is 2.88. The van der Waals surface area contributed by atoms with Crippen LogP contribution in [0, 0.1) is 0 Å². The number of rotatable bonds is 6. The third-order valence-electron chi connectivity index (χ3n) is 2.33. The maximum atomic E-state index is 12.1. The molecule has 0 aliphatic carbocycles. The Morgan fingerprint density at radius 1 is 1.33 bits per heavy atom. The van der Waals surface area contributed by atoms with E-state index in [0.717, 1.165) is 0 Å². The molecule has 1 rings (SSSR count). The van der Waals surface area contributed by atoms with Crippen LogP contribution in [0.4, 0.5) is 13.2 Å². The van der Waals surface area contributed by atoms with Gasteiger partial charge in [0.2, 0.25) is 0 Å². The van der Waals surface area contributed by atoms with E-state index in [9.17, 15) is 13.2 Å². The second kappa shape index (κ2) is 6.61. The molecule has 0 spiro atoms. The Morgan fingerprint density at radius 3 is 2.61 bits per heavy atom. The van der Waals surface area contributed by atoms with Gasteiger partial charge < -0.3 is 14.8 Å². The van der Waals surface area contributed by atoms with E-state index < -0.39 is 6.36 Å². The van der Waals surface area contributed by atoms with E-state index in [4.69, 9.17) is 4.74 Å². The molecule has 18 heavy (non-hydrogen) atoms. The highest BCUT2D eigenvalue weighted by Gasteiger charge is 2.31. The number of nitrogens with one attached hydrogen (secondary N) is 1. The van der Waals surface area contributed by atoms with Crippen molar-refractivity contribution in [3.05, 3.63) is 29.8 Å². The Balaban J connectivity index is 2.79. The molecular weight excluding hydrogens is 247 g/mol. The molecule has 0 bridgehead atoms. The summed E-state index contributed by atoms with van der Waals surface area (Å²) in [5.41, 5.74) is 0.688. The number of halogens is 3. The summed E-state index contributed by atoms with van der Waals surface area (Å²) in [5.74, 6) is -0.225. The summed E-state index contributed by atoms with van der Waals surface area (Å²) >= 11 is 0. The van der Waals surface area contributed by atoms with Crippen molar-refractivity contribution in [3.63, 3.8) is 0 Å². The summed E-state index contributed by atoms with van der Waals surface area (Å²) in [6.45, 7) is 2.80. The van der Waals surface area contributed by atoms with Crippen LogP contribution in [0.2, 0.25) is 0 Å². The van der Waals surface area contributed by atoms with Gasteiger partial charge in [0, 0.05) is 6.61 Å². The molecule has 1 N–H and O–H groups in total. The number of hydrogen-bond donors (Lipinski definition) is 1. The fourth-order valence-corrected chi connectivity index (χ4v) is 1.51. The first-order valence-electron chi connectivity index (χ1n) is 5.57. The van der Waals surface area contributed by atoms with E-state index in [1.807, 2.05) is 6.92 Å². The van der Waals surface area contributed by atoms with Crippen LogP contribution in [-0.2, 0) is 4.74 Å². The third-order valence-corrected chi connectivity index (χ3v) is 2.33. The van der Waals surface area contributed by atoms with Crippen LogP contribution in [-0.4, -0.2) is 26.6 Å². The van der Waals surface area contributed by atoms with Crippen LogP contribution in [0.25, 0.3) is 0 Å². The maximum absolute atomic E-state index is 12.1. The molecule has 0 radical (unpaired) electrons. The SMILES string of the molecule is CCOCC(NC)c1cccc(OC(F)(F)F)c1. The molecule has 1 aromatic carbocycles. The van der Waals surface area contributed by atoms with Gasteiger partial charge in [0.15, 0.2) is 0 Å². The second-order valence-corrected chi connectivity index (χ2v) is 3.62. The smallest absolute Gasteiger partial charge is 0.406 e. The number of alkyl halides is 3. The minimum atomic E-state index is -4.67. The fourth-order valence-electron chi connectivity index (χ4n) is 1.51. The normalized spacial score (nSPS) is 13.4. The van der Waals surface area contributed by atoms with Crippen LogP contribution < -0.4 is 10.1 Å². The number of benzene rings is 1. The summed E-state index contributed by atoms with van der Waals surface area (Å²) in [6.07, 6.45) is -4.67. The molecule has 3 nitrogen and oxygen atoms in total. The minimum Gasteiger partial charge on any atom is -0.406 e. The average Bonchev–Trinajstić information content (AvgIpc) is 2.28. The molecule has 1 unspecified atom stereocenters. The highest BCUT2D eigenvalue weighted by Crippen LogP contribution is 2.25. The van der Waals surface area contributed by atoms with Gasteiger partial charge in [-0.05, 0) is 31.7 Å². The van der Waals surface area contributed by atoms with Crippen molar-refractivity contribution < 1.29 is 22.6 Å². The Bertz CT molecular complexity index is 369. The van der Waals surface area contributed by atoms with Crippen molar-refractivity contribution >= 4 is 0 Å². The average molecular weight is 263 g/mol. The van der Waals surface area contributed by atoms with Gasteiger partial charge >= 0.3 is 6.36 Å². The van der Waals surface area contributed by atoms with Crippen LogP contribution >= 0.6 is 0 Å². The van der Waals surface area contributed by atoms with Crippen LogP contribution in [0.1, 0.15) is 18.5 Å². The van der Waals surface area contributed by atoms with Gasteiger partial charge in [-0.3, -0.25) is 0 Å². The lowest BCUT2D eigenvalue weighted by molar-refractivity contribution is -0.274. The summed E-state index contributed by atoms with van der Waals surface area (Å²) < 4.78 is 45.4. The van der Waals surface area contributed by atoms with Crippen molar-refractivity contribution in [2.45, 2.75) is 19.3 Å². The van der Waals surface area contributed by atoms with Crippen molar-refractivity contribution in [2.75, 3.05) is 20.3 Å². The fraction of sp³-hybridized carbons (Fsp3) is 0.500. The summed E-state index contributed by atoms with van der Waals surface area (Å²) in [4.78, 5) is 0. The van der Waals surface area contributed by atoms with Crippen LogP contribution in [0.5, 0.6) is 5.75 Å². The van der Waals surface area contributed by atoms with Crippen LogP contribution in [0.15, 0.2) is 24.3 Å².